The number of primary sulfonamides is 1. The van der Waals surface area contributed by atoms with Gasteiger partial charge in [-0.25, -0.2) is 26.4 Å². The van der Waals surface area contributed by atoms with Crippen molar-refractivity contribution in [2.24, 2.45) is 5.14 Å². The summed E-state index contributed by atoms with van der Waals surface area (Å²) >= 11 is 0. The van der Waals surface area contributed by atoms with E-state index in [-0.39, 0.29) is 10.6 Å². The van der Waals surface area contributed by atoms with E-state index in [1.165, 1.54) is 6.07 Å². The van der Waals surface area contributed by atoms with E-state index in [9.17, 15) is 21.2 Å². The minimum absolute atomic E-state index is 0.0360. The fourth-order valence-corrected chi connectivity index (χ4v) is 4.34. The Morgan fingerprint density at radius 3 is 2.07 bits per heavy atom. The number of nitrogens with one attached hydrogen (secondary N) is 1. The van der Waals surface area contributed by atoms with Crippen LogP contribution in [0.2, 0.25) is 0 Å². The summed E-state index contributed by atoms with van der Waals surface area (Å²) in [6.07, 6.45) is 0. The van der Waals surface area contributed by atoms with Crippen LogP contribution in [0.25, 0.3) is 11.1 Å². The molecule has 0 amide bonds. The van der Waals surface area contributed by atoms with E-state index in [0.29, 0.717) is 17.2 Å². The lowest BCUT2D eigenvalue weighted by Crippen LogP contribution is -2.16. The maximum Gasteiger partial charge on any atom is 0.262 e. The average molecular weight is 406 g/mol. The molecule has 9 heteroatoms. The molecule has 0 heterocycles. The van der Waals surface area contributed by atoms with Gasteiger partial charge in [-0.3, -0.25) is 4.72 Å². The Hall–Kier alpha value is -2.75. The topological polar surface area (TPSA) is 106 Å². The molecule has 0 saturated carbocycles. The van der Waals surface area contributed by atoms with Crippen molar-refractivity contribution in [1.82, 2.24) is 0 Å². The Bertz CT molecular complexity index is 1200. The van der Waals surface area contributed by atoms with Crippen molar-refractivity contribution >= 4 is 25.7 Å². The van der Waals surface area contributed by atoms with Gasteiger partial charge >= 0.3 is 0 Å². The number of nitrogens with two attached hydrogens (primary N) is 1. The summed E-state index contributed by atoms with van der Waals surface area (Å²) in [5.41, 5.74) is 0.751. The number of rotatable bonds is 5. The number of anilines is 1. The third-order valence-corrected chi connectivity index (χ3v) is 6.11. The molecule has 0 bridgehead atoms. The van der Waals surface area contributed by atoms with Crippen LogP contribution < -0.4 is 9.86 Å². The van der Waals surface area contributed by atoms with E-state index in [2.05, 4.69) is 4.72 Å². The number of sulfonamides is 2. The summed E-state index contributed by atoms with van der Waals surface area (Å²) in [4.78, 5) is -0.487. The fraction of sp³-hybridized carbons (Fsp3) is 0. The van der Waals surface area contributed by atoms with E-state index in [4.69, 9.17) is 5.14 Å². The first-order valence-electron chi connectivity index (χ1n) is 7.68. The molecule has 0 aliphatic carbocycles. The molecule has 3 aromatic rings. The molecule has 0 radical (unpaired) electrons. The van der Waals surface area contributed by atoms with Gasteiger partial charge in [0, 0.05) is 5.56 Å². The molecule has 0 aliphatic heterocycles. The molecule has 3 rings (SSSR count). The van der Waals surface area contributed by atoms with Crippen LogP contribution in [0.1, 0.15) is 0 Å². The Balaban J connectivity index is 2.02. The SMILES string of the molecule is NS(=O)(=O)c1ccc(NS(=O)(=O)c2ccccc2-c2ccccc2)c(F)c1. The van der Waals surface area contributed by atoms with Gasteiger partial charge in [0.1, 0.15) is 5.82 Å². The smallest absolute Gasteiger partial charge is 0.262 e. The van der Waals surface area contributed by atoms with Crippen molar-refractivity contribution in [2.75, 3.05) is 4.72 Å². The van der Waals surface area contributed by atoms with Crippen LogP contribution in [-0.4, -0.2) is 16.8 Å². The van der Waals surface area contributed by atoms with Crippen LogP contribution in [-0.2, 0) is 20.0 Å². The predicted octanol–water partition coefficient (Wildman–Crippen LogP) is 2.94. The number of benzene rings is 3. The first-order valence-corrected chi connectivity index (χ1v) is 10.7. The zero-order chi connectivity index (χ0) is 19.7. The molecular weight excluding hydrogens is 391 g/mol. The molecule has 0 fully saturated rings. The second kappa shape index (κ2) is 7.10. The normalized spacial score (nSPS) is 11.9. The van der Waals surface area contributed by atoms with Crippen molar-refractivity contribution in [2.45, 2.75) is 9.79 Å². The quantitative estimate of drug-likeness (QED) is 0.679. The van der Waals surface area contributed by atoms with Crippen LogP contribution in [0, 0.1) is 5.82 Å². The molecule has 3 N–H and O–H groups in total. The molecule has 0 aliphatic rings. The van der Waals surface area contributed by atoms with Gasteiger partial charge in [0.05, 0.1) is 15.5 Å². The minimum atomic E-state index is -4.13. The van der Waals surface area contributed by atoms with Crippen molar-refractivity contribution in [1.29, 1.82) is 0 Å². The van der Waals surface area contributed by atoms with E-state index >= 15 is 0 Å². The van der Waals surface area contributed by atoms with Gasteiger partial charge in [0.2, 0.25) is 10.0 Å². The van der Waals surface area contributed by atoms with Crippen LogP contribution >= 0.6 is 0 Å². The Labute approximate surface area is 156 Å². The van der Waals surface area contributed by atoms with Crippen LogP contribution in [0.5, 0.6) is 0 Å². The van der Waals surface area contributed by atoms with Crippen molar-refractivity contribution in [3.05, 3.63) is 78.6 Å². The molecule has 3 aromatic carbocycles. The Morgan fingerprint density at radius 2 is 1.44 bits per heavy atom. The van der Waals surface area contributed by atoms with E-state index in [1.54, 1.807) is 48.5 Å². The second-order valence-corrected chi connectivity index (χ2v) is 8.87. The molecule has 0 aromatic heterocycles. The van der Waals surface area contributed by atoms with Gasteiger partial charge in [-0.05, 0) is 29.8 Å². The molecule has 0 saturated heterocycles. The van der Waals surface area contributed by atoms with Crippen molar-refractivity contribution < 1.29 is 21.2 Å². The number of halogens is 1. The molecule has 6 nitrogen and oxygen atoms in total. The second-order valence-electron chi connectivity index (χ2n) is 5.65. The largest absolute Gasteiger partial charge is 0.277 e. The first-order chi connectivity index (χ1) is 12.7. The lowest BCUT2D eigenvalue weighted by atomic mass is 10.1. The Kier molecular flexibility index (Phi) is 5.01. The van der Waals surface area contributed by atoms with Gasteiger partial charge in [-0.1, -0.05) is 48.5 Å². The molecule has 0 atom stereocenters. The highest BCUT2D eigenvalue weighted by atomic mass is 32.2. The molecule has 140 valence electrons. The van der Waals surface area contributed by atoms with Crippen LogP contribution in [0.4, 0.5) is 10.1 Å². The van der Waals surface area contributed by atoms with Gasteiger partial charge in [0.15, 0.2) is 0 Å². The van der Waals surface area contributed by atoms with Crippen molar-refractivity contribution in [3.63, 3.8) is 0 Å². The molecule has 27 heavy (non-hydrogen) atoms. The van der Waals surface area contributed by atoms with Crippen LogP contribution in [0.3, 0.4) is 0 Å². The van der Waals surface area contributed by atoms with E-state index < -0.39 is 30.8 Å². The summed E-state index contributed by atoms with van der Waals surface area (Å²) in [7, 11) is -8.23. The summed E-state index contributed by atoms with van der Waals surface area (Å²) in [5, 5.41) is 4.95. The van der Waals surface area contributed by atoms with Crippen LogP contribution in [0.15, 0.2) is 82.6 Å². The lowest BCUT2D eigenvalue weighted by Gasteiger charge is -2.13. The lowest BCUT2D eigenvalue weighted by molar-refractivity contribution is 0.592. The summed E-state index contributed by atoms with van der Waals surface area (Å²) in [6, 6.07) is 17.9. The summed E-state index contributed by atoms with van der Waals surface area (Å²) < 4.78 is 64.5. The highest BCUT2D eigenvalue weighted by Gasteiger charge is 2.21. The molecule has 0 spiro atoms. The number of hydrogen-bond acceptors (Lipinski definition) is 4. The first kappa shape index (κ1) is 19.0. The van der Waals surface area contributed by atoms with Crippen molar-refractivity contribution in [3.8, 4) is 11.1 Å². The molecule has 0 unspecified atom stereocenters. The molecular formula is C18H15FN2O4S2. The maximum atomic E-state index is 14.2. The van der Waals surface area contributed by atoms with Gasteiger partial charge < -0.3 is 0 Å². The maximum absolute atomic E-state index is 14.2. The predicted molar refractivity (Wildman–Crippen MR) is 100 cm³/mol. The summed E-state index contributed by atoms with van der Waals surface area (Å²) in [5.74, 6) is -1.05. The fourth-order valence-electron chi connectivity index (χ4n) is 2.51. The van der Waals surface area contributed by atoms with Gasteiger partial charge in [-0.2, -0.15) is 0 Å². The average Bonchev–Trinajstić information content (AvgIpc) is 2.63. The highest BCUT2D eigenvalue weighted by Crippen LogP contribution is 2.29. The zero-order valence-electron chi connectivity index (χ0n) is 13.8. The third kappa shape index (κ3) is 4.16. The number of hydrogen-bond donors (Lipinski definition) is 2. The van der Waals surface area contributed by atoms with Gasteiger partial charge in [-0.15, -0.1) is 0 Å². The van der Waals surface area contributed by atoms with E-state index in [0.717, 1.165) is 12.1 Å². The standard InChI is InChI=1S/C18H15FN2O4S2/c19-16-12-14(26(20,22)23)10-11-17(16)21-27(24,25)18-9-5-4-8-15(18)13-6-2-1-3-7-13/h1-12,21H,(H2,20,22,23). The van der Waals surface area contributed by atoms with E-state index in [1.807, 2.05) is 0 Å². The highest BCUT2D eigenvalue weighted by molar-refractivity contribution is 7.92. The minimum Gasteiger partial charge on any atom is -0.277 e. The third-order valence-electron chi connectivity index (χ3n) is 3.77. The zero-order valence-corrected chi connectivity index (χ0v) is 15.5. The Morgan fingerprint density at radius 1 is 0.815 bits per heavy atom. The van der Waals surface area contributed by atoms with Gasteiger partial charge in [0.25, 0.3) is 10.0 Å². The monoisotopic (exact) mass is 406 g/mol. The summed E-state index contributed by atoms with van der Waals surface area (Å²) in [6.45, 7) is 0.